The molecule has 110 valence electrons. The Morgan fingerprint density at radius 3 is 2.48 bits per heavy atom. The third kappa shape index (κ3) is 4.58. The van der Waals surface area contributed by atoms with Gasteiger partial charge in [0.25, 0.3) is 0 Å². The second-order valence-electron chi connectivity index (χ2n) is 4.41. The topological polar surface area (TPSA) is 49.3 Å². The predicted octanol–water partition coefficient (Wildman–Crippen LogP) is 3.33. The van der Waals surface area contributed by atoms with Crippen LogP contribution in [0.5, 0.6) is 0 Å². The molecule has 0 aliphatic rings. The number of carboxylic acid groups (broad SMARTS) is 1. The van der Waals surface area contributed by atoms with Gasteiger partial charge in [-0.1, -0.05) is 42.5 Å². The van der Waals surface area contributed by atoms with E-state index in [0.29, 0.717) is 22.8 Å². The minimum absolute atomic E-state index is 0.250. The Labute approximate surface area is 127 Å². The molecule has 1 atom stereocenters. The van der Waals surface area contributed by atoms with E-state index in [-0.39, 0.29) is 5.82 Å². The van der Waals surface area contributed by atoms with Crippen molar-refractivity contribution in [2.45, 2.75) is 10.9 Å². The van der Waals surface area contributed by atoms with Crippen LogP contribution in [-0.2, 0) is 4.79 Å². The number of halogens is 1. The van der Waals surface area contributed by atoms with Gasteiger partial charge in [-0.3, -0.25) is 10.1 Å². The maximum atomic E-state index is 13.4. The number of hydrogen-bond acceptors (Lipinski definition) is 3. The van der Waals surface area contributed by atoms with Crippen molar-refractivity contribution in [1.29, 1.82) is 0 Å². The fourth-order valence-corrected chi connectivity index (χ4v) is 2.74. The molecule has 0 saturated heterocycles. The summed E-state index contributed by atoms with van der Waals surface area (Å²) in [6, 6.07) is 14.8. The average molecular weight is 305 g/mol. The van der Waals surface area contributed by atoms with Gasteiger partial charge in [0, 0.05) is 17.2 Å². The number of carbonyl (C=O) groups is 1. The standard InChI is InChI=1S/C16H16FNO2S/c17-13-8-4-5-9-14(13)21-11-10-18-15(16(19)20)12-6-2-1-3-7-12/h1-9,15,18H,10-11H2,(H,19,20). The molecule has 0 fully saturated rings. The van der Waals surface area contributed by atoms with Crippen molar-refractivity contribution in [1.82, 2.24) is 5.32 Å². The third-order valence-corrected chi connectivity index (χ3v) is 3.97. The van der Waals surface area contributed by atoms with Crippen LogP contribution in [0.3, 0.4) is 0 Å². The highest BCUT2D eigenvalue weighted by molar-refractivity contribution is 7.99. The van der Waals surface area contributed by atoms with Gasteiger partial charge in [0.15, 0.2) is 0 Å². The molecule has 0 aliphatic heterocycles. The number of hydrogen-bond donors (Lipinski definition) is 2. The summed E-state index contributed by atoms with van der Waals surface area (Å²) in [5, 5.41) is 12.2. The zero-order valence-electron chi connectivity index (χ0n) is 11.3. The first kappa shape index (κ1) is 15.5. The Bertz CT molecular complexity index is 592. The van der Waals surface area contributed by atoms with Crippen molar-refractivity contribution in [2.24, 2.45) is 0 Å². The maximum absolute atomic E-state index is 13.4. The molecular weight excluding hydrogens is 289 g/mol. The summed E-state index contributed by atoms with van der Waals surface area (Å²) in [6.45, 7) is 0.477. The van der Waals surface area contributed by atoms with E-state index in [2.05, 4.69) is 5.32 Å². The van der Waals surface area contributed by atoms with E-state index >= 15 is 0 Å². The highest BCUT2D eigenvalue weighted by Gasteiger charge is 2.18. The lowest BCUT2D eigenvalue weighted by molar-refractivity contribution is -0.139. The molecule has 0 spiro atoms. The lowest BCUT2D eigenvalue weighted by Crippen LogP contribution is -2.30. The fourth-order valence-electron chi connectivity index (χ4n) is 1.92. The average Bonchev–Trinajstić information content (AvgIpc) is 2.49. The van der Waals surface area contributed by atoms with Crippen molar-refractivity contribution in [3.63, 3.8) is 0 Å². The Kier molecular flexibility index (Phi) is 5.78. The van der Waals surface area contributed by atoms with E-state index in [0.717, 1.165) is 0 Å². The first-order chi connectivity index (χ1) is 10.2. The van der Waals surface area contributed by atoms with Crippen LogP contribution in [0.15, 0.2) is 59.5 Å². The van der Waals surface area contributed by atoms with Crippen LogP contribution < -0.4 is 5.32 Å². The molecule has 0 aliphatic carbocycles. The monoisotopic (exact) mass is 305 g/mol. The smallest absolute Gasteiger partial charge is 0.325 e. The quantitative estimate of drug-likeness (QED) is 0.608. The van der Waals surface area contributed by atoms with Crippen LogP contribution in [0.1, 0.15) is 11.6 Å². The molecule has 2 rings (SSSR count). The minimum atomic E-state index is -0.919. The van der Waals surface area contributed by atoms with Crippen molar-refractivity contribution in [3.05, 3.63) is 66.0 Å². The normalized spacial score (nSPS) is 12.0. The molecule has 21 heavy (non-hydrogen) atoms. The molecule has 3 nitrogen and oxygen atoms in total. The lowest BCUT2D eigenvalue weighted by atomic mass is 10.1. The number of rotatable bonds is 7. The molecule has 0 bridgehead atoms. The number of carboxylic acids is 1. The van der Waals surface area contributed by atoms with Crippen LogP contribution in [0.2, 0.25) is 0 Å². The molecule has 0 radical (unpaired) electrons. The van der Waals surface area contributed by atoms with Crippen LogP contribution in [-0.4, -0.2) is 23.4 Å². The van der Waals surface area contributed by atoms with Gasteiger partial charge >= 0.3 is 5.97 Å². The van der Waals surface area contributed by atoms with Gasteiger partial charge in [0.05, 0.1) is 0 Å². The van der Waals surface area contributed by atoms with Crippen molar-refractivity contribution >= 4 is 17.7 Å². The second-order valence-corrected chi connectivity index (χ2v) is 5.55. The van der Waals surface area contributed by atoms with Gasteiger partial charge in [0.2, 0.25) is 0 Å². The molecule has 0 amide bonds. The zero-order chi connectivity index (χ0) is 15.1. The second kappa shape index (κ2) is 7.81. The largest absolute Gasteiger partial charge is 0.480 e. The van der Waals surface area contributed by atoms with Gasteiger partial charge in [-0.25, -0.2) is 4.39 Å². The van der Waals surface area contributed by atoms with Crippen LogP contribution in [0, 0.1) is 5.82 Å². The van der Waals surface area contributed by atoms with Crippen molar-refractivity contribution in [3.8, 4) is 0 Å². The molecule has 2 N–H and O–H groups in total. The van der Waals surface area contributed by atoms with Crippen LogP contribution in [0.25, 0.3) is 0 Å². The molecule has 0 aromatic heterocycles. The van der Waals surface area contributed by atoms with E-state index in [1.165, 1.54) is 17.8 Å². The van der Waals surface area contributed by atoms with Gasteiger partial charge in [-0.15, -0.1) is 11.8 Å². The highest BCUT2D eigenvalue weighted by atomic mass is 32.2. The summed E-state index contributed by atoms with van der Waals surface area (Å²) >= 11 is 1.37. The highest BCUT2D eigenvalue weighted by Crippen LogP contribution is 2.21. The lowest BCUT2D eigenvalue weighted by Gasteiger charge is -2.14. The summed E-state index contributed by atoms with van der Waals surface area (Å²) in [5.41, 5.74) is 0.709. The van der Waals surface area contributed by atoms with E-state index in [4.69, 9.17) is 0 Å². The van der Waals surface area contributed by atoms with E-state index in [9.17, 15) is 14.3 Å². The zero-order valence-corrected chi connectivity index (χ0v) is 12.1. The summed E-state index contributed by atoms with van der Waals surface area (Å²) in [6.07, 6.45) is 0. The summed E-state index contributed by atoms with van der Waals surface area (Å²) in [4.78, 5) is 11.9. The van der Waals surface area contributed by atoms with Crippen molar-refractivity contribution < 1.29 is 14.3 Å². The summed E-state index contributed by atoms with van der Waals surface area (Å²) in [7, 11) is 0. The molecule has 2 aromatic carbocycles. The molecule has 5 heteroatoms. The first-order valence-corrected chi connectivity index (χ1v) is 7.55. The number of nitrogens with one attached hydrogen (secondary N) is 1. The molecule has 1 unspecified atom stereocenters. The minimum Gasteiger partial charge on any atom is -0.480 e. The summed E-state index contributed by atoms with van der Waals surface area (Å²) < 4.78 is 13.4. The molecule has 2 aromatic rings. The Morgan fingerprint density at radius 1 is 1.14 bits per heavy atom. The Morgan fingerprint density at radius 2 is 1.81 bits per heavy atom. The Hall–Kier alpha value is -1.85. The number of thioether (sulfide) groups is 1. The van der Waals surface area contributed by atoms with Crippen LogP contribution >= 0.6 is 11.8 Å². The number of benzene rings is 2. The maximum Gasteiger partial charge on any atom is 0.325 e. The predicted molar refractivity (Wildman–Crippen MR) is 81.9 cm³/mol. The first-order valence-electron chi connectivity index (χ1n) is 6.57. The molecular formula is C16H16FNO2S. The third-order valence-electron chi connectivity index (χ3n) is 2.92. The van der Waals surface area contributed by atoms with E-state index in [1.54, 1.807) is 42.5 Å². The van der Waals surface area contributed by atoms with E-state index in [1.807, 2.05) is 6.07 Å². The van der Waals surface area contributed by atoms with Crippen molar-refractivity contribution in [2.75, 3.05) is 12.3 Å². The van der Waals surface area contributed by atoms with Gasteiger partial charge < -0.3 is 5.11 Å². The fraction of sp³-hybridized carbons (Fsp3) is 0.188. The van der Waals surface area contributed by atoms with Gasteiger partial charge in [-0.2, -0.15) is 0 Å². The van der Waals surface area contributed by atoms with E-state index < -0.39 is 12.0 Å². The van der Waals surface area contributed by atoms with Crippen LogP contribution in [0.4, 0.5) is 4.39 Å². The van der Waals surface area contributed by atoms with Gasteiger partial charge in [0.1, 0.15) is 11.9 Å². The molecule has 0 heterocycles. The van der Waals surface area contributed by atoms with Gasteiger partial charge in [-0.05, 0) is 17.7 Å². The molecule has 0 saturated carbocycles. The summed E-state index contributed by atoms with van der Waals surface area (Å²) in [5.74, 6) is -0.574. The SMILES string of the molecule is O=C(O)C(NCCSc1ccccc1F)c1ccccc1. The number of aliphatic carboxylic acids is 1. The Balaban J connectivity index is 1.86.